The second kappa shape index (κ2) is 9.49. The number of benzene rings is 2. The van der Waals surface area contributed by atoms with Crippen molar-refractivity contribution in [3.63, 3.8) is 0 Å². The molecule has 0 amide bonds. The van der Waals surface area contributed by atoms with E-state index in [1.807, 2.05) is 60.7 Å². The third kappa shape index (κ3) is 6.50. The molecule has 2 rings (SSSR count). The Morgan fingerprint density at radius 2 is 1.00 bits per heavy atom. The van der Waals surface area contributed by atoms with E-state index < -0.39 is 0 Å². The highest BCUT2D eigenvalue weighted by Gasteiger charge is 2.07. The van der Waals surface area contributed by atoms with Gasteiger partial charge in [-0.05, 0) is 11.1 Å². The highest BCUT2D eigenvalue weighted by atomic mass is 32.2. The molecule has 0 N–H and O–H groups in total. The van der Waals surface area contributed by atoms with Crippen molar-refractivity contribution in [1.82, 2.24) is 0 Å². The van der Waals surface area contributed by atoms with Crippen molar-refractivity contribution >= 4 is 33.8 Å². The minimum Gasteiger partial charge on any atom is -0.287 e. The second-order valence-corrected chi connectivity index (χ2v) is 7.07. The summed E-state index contributed by atoms with van der Waals surface area (Å²) in [6.07, 6.45) is 0.905. The first-order valence-corrected chi connectivity index (χ1v) is 9.10. The fourth-order valence-corrected chi connectivity index (χ4v) is 3.60. The molecule has 0 fully saturated rings. The van der Waals surface area contributed by atoms with Gasteiger partial charge in [-0.15, -0.1) is 0 Å². The van der Waals surface area contributed by atoms with Crippen LogP contribution >= 0.6 is 23.5 Å². The minimum atomic E-state index is 0.155. The maximum atomic E-state index is 11.8. The predicted octanol–water partition coefficient (Wildman–Crippen LogP) is 3.99. The van der Waals surface area contributed by atoms with Gasteiger partial charge in [0.25, 0.3) is 0 Å². The number of hydrogen-bond donors (Lipinski definition) is 0. The molecule has 0 aliphatic carbocycles. The molecule has 2 aromatic carbocycles. The zero-order chi connectivity index (χ0) is 15.6. The van der Waals surface area contributed by atoms with Crippen LogP contribution in [-0.4, -0.2) is 21.7 Å². The van der Waals surface area contributed by atoms with Gasteiger partial charge in [0.1, 0.15) is 0 Å². The van der Waals surface area contributed by atoms with E-state index in [0.717, 1.165) is 11.1 Å². The number of hydrogen-bond acceptors (Lipinski definition) is 4. The third-order valence-corrected chi connectivity index (χ3v) is 5.00. The van der Waals surface area contributed by atoms with Gasteiger partial charge in [-0.1, -0.05) is 84.2 Å². The summed E-state index contributed by atoms with van der Waals surface area (Å²) in [5, 5.41) is 0.310. The lowest BCUT2D eigenvalue weighted by molar-refractivity contribution is -0.111. The molecule has 2 nitrogen and oxygen atoms in total. The molecule has 0 aromatic heterocycles. The van der Waals surface area contributed by atoms with Crippen LogP contribution in [0.25, 0.3) is 0 Å². The lowest BCUT2D eigenvalue weighted by Crippen LogP contribution is -2.02. The summed E-state index contributed by atoms with van der Waals surface area (Å²) >= 11 is 2.62. The van der Waals surface area contributed by atoms with Gasteiger partial charge in [-0.3, -0.25) is 9.59 Å². The van der Waals surface area contributed by atoms with Gasteiger partial charge >= 0.3 is 0 Å². The molecule has 0 atom stereocenters. The summed E-state index contributed by atoms with van der Waals surface area (Å²) in [4.78, 5) is 23.6. The zero-order valence-electron chi connectivity index (χ0n) is 12.2. The standard InChI is InChI=1S/C18H18O2S2/c19-17(13-15-7-3-1-4-8-15)21-11-12-22-18(20)14-16-9-5-2-6-10-16/h1-10H,11-14H2. The first-order chi connectivity index (χ1) is 10.7. The fourth-order valence-electron chi connectivity index (χ4n) is 1.94. The van der Waals surface area contributed by atoms with E-state index in [0.29, 0.717) is 24.3 Å². The SMILES string of the molecule is O=C(Cc1ccccc1)SCCSC(=O)Cc1ccccc1. The lowest BCUT2D eigenvalue weighted by Gasteiger charge is -2.02. The van der Waals surface area contributed by atoms with E-state index in [-0.39, 0.29) is 10.2 Å². The van der Waals surface area contributed by atoms with Crippen molar-refractivity contribution in [1.29, 1.82) is 0 Å². The highest BCUT2D eigenvalue weighted by molar-refractivity contribution is 8.16. The smallest absolute Gasteiger partial charge is 0.193 e. The number of thioether (sulfide) groups is 2. The Morgan fingerprint density at radius 1 is 0.636 bits per heavy atom. The predicted molar refractivity (Wildman–Crippen MR) is 95.2 cm³/mol. The maximum Gasteiger partial charge on any atom is 0.193 e. The molecular formula is C18H18O2S2. The van der Waals surface area contributed by atoms with Crippen LogP contribution in [0, 0.1) is 0 Å². The molecule has 0 spiro atoms. The van der Waals surface area contributed by atoms with Gasteiger partial charge in [0.05, 0.1) is 0 Å². The summed E-state index contributed by atoms with van der Waals surface area (Å²) in [6.45, 7) is 0. The van der Waals surface area contributed by atoms with E-state index in [1.165, 1.54) is 23.5 Å². The normalized spacial score (nSPS) is 10.4. The second-order valence-electron chi connectivity index (χ2n) is 4.77. The molecule has 0 saturated heterocycles. The van der Waals surface area contributed by atoms with Crippen LogP contribution in [0.2, 0.25) is 0 Å². The summed E-state index contributed by atoms with van der Waals surface area (Å²) in [5.74, 6) is 1.35. The molecule has 0 aliphatic heterocycles. The molecule has 0 bridgehead atoms. The van der Waals surface area contributed by atoms with Crippen LogP contribution in [0.5, 0.6) is 0 Å². The van der Waals surface area contributed by atoms with Gasteiger partial charge in [0.2, 0.25) is 0 Å². The summed E-state index contributed by atoms with van der Waals surface area (Å²) in [6, 6.07) is 19.4. The largest absolute Gasteiger partial charge is 0.287 e. The van der Waals surface area contributed by atoms with Crippen LogP contribution in [-0.2, 0) is 22.4 Å². The highest BCUT2D eigenvalue weighted by Crippen LogP contribution is 2.14. The molecule has 0 radical (unpaired) electrons. The summed E-state index contributed by atoms with van der Waals surface area (Å²) in [5.41, 5.74) is 2.07. The van der Waals surface area contributed by atoms with Gasteiger partial charge in [0, 0.05) is 24.3 Å². The Hall–Kier alpha value is -1.52. The number of carbonyl (C=O) groups is 2. The monoisotopic (exact) mass is 330 g/mol. The van der Waals surface area contributed by atoms with Gasteiger partial charge in [0.15, 0.2) is 10.2 Å². The van der Waals surface area contributed by atoms with Crippen LogP contribution in [0.1, 0.15) is 11.1 Å². The summed E-state index contributed by atoms with van der Waals surface area (Å²) in [7, 11) is 0. The van der Waals surface area contributed by atoms with E-state index >= 15 is 0 Å². The summed E-state index contributed by atoms with van der Waals surface area (Å²) < 4.78 is 0. The van der Waals surface area contributed by atoms with Crippen LogP contribution in [0.3, 0.4) is 0 Å². The average molecular weight is 330 g/mol. The van der Waals surface area contributed by atoms with Crippen LogP contribution < -0.4 is 0 Å². The molecule has 0 saturated carbocycles. The fraction of sp³-hybridized carbons (Fsp3) is 0.222. The van der Waals surface area contributed by atoms with E-state index in [1.54, 1.807) is 0 Å². The Labute approximate surface area is 139 Å². The van der Waals surface area contributed by atoms with Crippen molar-refractivity contribution in [3.05, 3.63) is 71.8 Å². The van der Waals surface area contributed by atoms with Crippen molar-refractivity contribution in [3.8, 4) is 0 Å². The van der Waals surface area contributed by atoms with Crippen molar-refractivity contribution < 1.29 is 9.59 Å². The third-order valence-electron chi connectivity index (χ3n) is 2.99. The van der Waals surface area contributed by atoms with E-state index in [4.69, 9.17) is 0 Å². The number of rotatable bonds is 7. The van der Waals surface area contributed by atoms with E-state index in [9.17, 15) is 9.59 Å². The van der Waals surface area contributed by atoms with Crippen molar-refractivity contribution in [2.45, 2.75) is 12.8 Å². The maximum absolute atomic E-state index is 11.8. The Morgan fingerprint density at radius 3 is 1.36 bits per heavy atom. The molecule has 0 unspecified atom stereocenters. The Bertz CT molecular complexity index is 541. The molecule has 114 valence electrons. The van der Waals surface area contributed by atoms with Crippen molar-refractivity contribution in [2.24, 2.45) is 0 Å². The van der Waals surface area contributed by atoms with Gasteiger partial charge in [-0.2, -0.15) is 0 Å². The molecule has 22 heavy (non-hydrogen) atoms. The van der Waals surface area contributed by atoms with Crippen molar-refractivity contribution in [2.75, 3.05) is 11.5 Å². The molecule has 2 aromatic rings. The van der Waals surface area contributed by atoms with Gasteiger partial charge < -0.3 is 0 Å². The van der Waals surface area contributed by atoms with Gasteiger partial charge in [-0.25, -0.2) is 0 Å². The minimum absolute atomic E-state index is 0.155. The topological polar surface area (TPSA) is 34.1 Å². The first kappa shape index (κ1) is 16.8. The molecule has 0 aliphatic rings. The molecule has 4 heteroatoms. The number of carbonyl (C=O) groups excluding carboxylic acids is 2. The van der Waals surface area contributed by atoms with Crippen LogP contribution in [0.4, 0.5) is 0 Å². The molecular weight excluding hydrogens is 312 g/mol. The first-order valence-electron chi connectivity index (χ1n) is 7.13. The quantitative estimate of drug-likeness (QED) is 0.719. The Kier molecular flexibility index (Phi) is 7.26. The van der Waals surface area contributed by atoms with Crippen LogP contribution in [0.15, 0.2) is 60.7 Å². The molecule has 0 heterocycles. The Balaban J connectivity index is 1.60. The zero-order valence-corrected chi connectivity index (χ0v) is 13.9. The average Bonchev–Trinajstić information content (AvgIpc) is 2.53. The lowest BCUT2D eigenvalue weighted by atomic mass is 10.2. The van der Waals surface area contributed by atoms with E-state index in [2.05, 4.69) is 0 Å².